The third-order valence-electron chi connectivity index (χ3n) is 3.99. The lowest BCUT2D eigenvalue weighted by Crippen LogP contribution is -2.43. The molecule has 0 saturated carbocycles. The fourth-order valence-corrected chi connectivity index (χ4v) is 3.91. The Labute approximate surface area is 153 Å². The Kier molecular flexibility index (Phi) is 6.67. The number of amides is 1. The van der Waals surface area contributed by atoms with Crippen LogP contribution in [-0.4, -0.2) is 64.3 Å². The van der Waals surface area contributed by atoms with E-state index in [2.05, 4.69) is 5.32 Å². The summed E-state index contributed by atoms with van der Waals surface area (Å²) in [6.07, 6.45) is 0. The second-order valence-electron chi connectivity index (χ2n) is 6.02. The normalized spacial score (nSPS) is 20.7. The van der Waals surface area contributed by atoms with Crippen molar-refractivity contribution >= 4 is 27.5 Å². The van der Waals surface area contributed by atoms with Crippen LogP contribution in [0.25, 0.3) is 0 Å². The summed E-state index contributed by atoms with van der Waals surface area (Å²) in [6, 6.07) is 4.42. The van der Waals surface area contributed by atoms with Crippen molar-refractivity contribution in [2.75, 3.05) is 39.7 Å². The summed E-state index contributed by atoms with van der Waals surface area (Å²) >= 11 is 6.10. The number of hydrogen-bond donors (Lipinski definition) is 1. The monoisotopic (exact) mass is 390 g/mol. The zero-order chi connectivity index (χ0) is 18.6. The van der Waals surface area contributed by atoms with E-state index in [-0.39, 0.29) is 30.2 Å². The molecule has 9 heteroatoms. The molecule has 1 aliphatic heterocycles. The largest absolute Gasteiger partial charge is 0.492 e. The number of nitrogens with zero attached hydrogens (tertiary/aromatic N) is 1. The Hall–Kier alpha value is -1.35. The average Bonchev–Trinajstić information content (AvgIpc) is 2.95. The van der Waals surface area contributed by atoms with Crippen molar-refractivity contribution < 1.29 is 22.7 Å². The Bertz CT molecular complexity index is 723. The van der Waals surface area contributed by atoms with Gasteiger partial charge >= 0.3 is 0 Å². The smallest absolute Gasteiger partial charge is 0.251 e. The molecule has 2 rings (SSSR count). The third kappa shape index (κ3) is 5.07. The van der Waals surface area contributed by atoms with Crippen LogP contribution in [-0.2, 0) is 14.8 Å². The topological polar surface area (TPSA) is 84.9 Å². The molecule has 1 aromatic rings. The van der Waals surface area contributed by atoms with E-state index < -0.39 is 10.0 Å². The molecule has 0 aromatic heterocycles. The van der Waals surface area contributed by atoms with Gasteiger partial charge in [-0.2, -0.15) is 0 Å². The summed E-state index contributed by atoms with van der Waals surface area (Å²) in [5.74, 6) is -0.184. The molecule has 0 aliphatic carbocycles. The number of nitrogens with one attached hydrogen (secondary N) is 1. The van der Waals surface area contributed by atoms with Crippen LogP contribution in [0.2, 0.25) is 5.02 Å². The summed E-state index contributed by atoms with van der Waals surface area (Å²) in [5, 5.41) is 3.19. The first-order valence-corrected chi connectivity index (χ1v) is 9.94. The zero-order valence-electron chi connectivity index (χ0n) is 14.5. The molecular formula is C16H23ClN2O5S. The van der Waals surface area contributed by atoms with Gasteiger partial charge in [0.15, 0.2) is 0 Å². The first-order chi connectivity index (χ1) is 11.7. The molecule has 1 N–H and O–H groups in total. The number of sulfonamides is 1. The predicted molar refractivity (Wildman–Crippen MR) is 95.7 cm³/mol. The van der Waals surface area contributed by atoms with Crippen LogP contribution >= 0.6 is 11.6 Å². The number of carbonyl (C=O) groups excluding carboxylic acids is 1. The van der Waals surface area contributed by atoms with Crippen molar-refractivity contribution in [3.63, 3.8) is 0 Å². The van der Waals surface area contributed by atoms with Crippen LogP contribution in [0.1, 0.15) is 17.3 Å². The molecule has 1 heterocycles. The highest BCUT2D eigenvalue weighted by Gasteiger charge is 2.34. The van der Waals surface area contributed by atoms with E-state index in [4.69, 9.17) is 21.1 Å². The third-order valence-corrected chi connectivity index (χ3v) is 6.25. The maximum atomic E-state index is 12.4. The van der Waals surface area contributed by atoms with E-state index in [1.54, 1.807) is 12.1 Å². The van der Waals surface area contributed by atoms with Gasteiger partial charge < -0.3 is 14.8 Å². The van der Waals surface area contributed by atoms with Gasteiger partial charge in [0, 0.05) is 25.6 Å². The van der Waals surface area contributed by atoms with Crippen LogP contribution in [0.15, 0.2) is 18.2 Å². The van der Waals surface area contributed by atoms with Crippen molar-refractivity contribution in [3.8, 4) is 5.75 Å². The highest BCUT2D eigenvalue weighted by molar-refractivity contribution is 7.89. The van der Waals surface area contributed by atoms with Gasteiger partial charge in [-0.1, -0.05) is 11.6 Å². The van der Waals surface area contributed by atoms with Crippen molar-refractivity contribution in [3.05, 3.63) is 28.8 Å². The number of hydrogen-bond acceptors (Lipinski definition) is 5. The van der Waals surface area contributed by atoms with Crippen LogP contribution in [0, 0.1) is 5.92 Å². The summed E-state index contributed by atoms with van der Waals surface area (Å²) in [4.78, 5) is 12.4. The molecule has 0 spiro atoms. The average molecular weight is 391 g/mol. The van der Waals surface area contributed by atoms with Gasteiger partial charge in [-0.05, 0) is 25.1 Å². The summed E-state index contributed by atoms with van der Waals surface area (Å²) in [7, 11) is -0.396. The number of rotatable bonds is 7. The lowest BCUT2D eigenvalue weighted by atomic mass is 10.1. The van der Waals surface area contributed by atoms with E-state index in [1.807, 2.05) is 6.92 Å². The lowest BCUT2D eigenvalue weighted by molar-refractivity contribution is 0.0926. The molecule has 25 heavy (non-hydrogen) atoms. The zero-order valence-corrected chi connectivity index (χ0v) is 16.1. The molecule has 0 radical (unpaired) electrons. The molecular weight excluding hydrogens is 368 g/mol. The van der Waals surface area contributed by atoms with E-state index in [1.165, 1.54) is 24.5 Å². The van der Waals surface area contributed by atoms with Crippen molar-refractivity contribution in [2.45, 2.75) is 13.0 Å². The molecule has 7 nitrogen and oxygen atoms in total. The van der Waals surface area contributed by atoms with E-state index in [0.717, 1.165) is 0 Å². The lowest BCUT2D eigenvalue weighted by Gasteiger charge is -2.21. The maximum Gasteiger partial charge on any atom is 0.251 e. The Morgan fingerprint density at radius 1 is 1.40 bits per heavy atom. The van der Waals surface area contributed by atoms with Gasteiger partial charge in [-0.3, -0.25) is 4.79 Å². The minimum Gasteiger partial charge on any atom is -0.492 e. The van der Waals surface area contributed by atoms with Gasteiger partial charge in [0.05, 0.1) is 36.6 Å². The minimum absolute atomic E-state index is 0.0744. The van der Waals surface area contributed by atoms with Crippen molar-refractivity contribution in [2.24, 2.45) is 5.92 Å². The number of benzene rings is 1. The first-order valence-electron chi connectivity index (χ1n) is 7.95. The fourth-order valence-electron chi connectivity index (χ4n) is 2.51. The first kappa shape index (κ1) is 20.0. The molecule has 1 aromatic carbocycles. The summed E-state index contributed by atoms with van der Waals surface area (Å²) < 4.78 is 36.0. The highest BCUT2D eigenvalue weighted by Crippen LogP contribution is 2.26. The molecule has 140 valence electrons. The van der Waals surface area contributed by atoms with Gasteiger partial charge in [0.2, 0.25) is 10.0 Å². The second kappa shape index (κ2) is 8.35. The van der Waals surface area contributed by atoms with Crippen LogP contribution in [0.3, 0.4) is 0 Å². The van der Waals surface area contributed by atoms with Gasteiger partial charge in [-0.15, -0.1) is 0 Å². The maximum absolute atomic E-state index is 12.4. The predicted octanol–water partition coefficient (Wildman–Crippen LogP) is 1.37. The number of ether oxygens (including phenoxy) is 2. The van der Waals surface area contributed by atoms with Crippen LogP contribution in [0.4, 0.5) is 0 Å². The SMILES string of the molecule is CCOc1ccc(C(=O)N[C@H]2COC[C@H]2CS(=O)(=O)N(C)C)cc1Cl. The Morgan fingerprint density at radius 3 is 2.72 bits per heavy atom. The van der Waals surface area contributed by atoms with Gasteiger partial charge in [-0.25, -0.2) is 12.7 Å². The number of carbonyl (C=O) groups is 1. The molecule has 1 aliphatic rings. The molecule has 0 bridgehead atoms. The van der Waals surface area contributed by atoms with Crippen molar-refractivity contribution in [1.82, 2.24) is 9.62 Å². The van der Waals surface area contributed by atoms with E-state index in [0.29, 0.717) is 29.5 Å². The van der Waals surface area contributed by atoms with E-state index in [9.17, 15) is 13.2 Å². The minimum atomic E-state index is -3.37. The fraction of sp³-hybridized carbons (Fsp3) is 0.562. The van der Waals surface area contributed by atoms with Gasteiger partial charge in [0.25, 0.3) is 5.91 Å². The van der Waals surface area contributed by atoms with Crippen LogP contribution < -0.4 is 10.1 Å². The molecule has 2 atom stereocenters. The Morgan fingerprint density at radius 2 is 2.12 bits per heavy atom. The molecule has 1 fully saturated rings. The van der Waals surface area contributed by atoms with Gasteiger partial charge in [0.1, 0.15) is 5.75 Å². The number of halogens is 1. The standard InChI is InChI=1S/C16H23ClN2O5S/c1-4-24-15-6-5-11(7-13(15)17)16(20)18-14-9-23-8-12(14)10-25(21,22)19(2)3/h5-7,12,14H,4,8-10H2,1-3H3,(H,18,20)/t12-,14-/m0/s1. The highest BCUT2D eigenvalue weighted by atomic mass is 35.5. The van der Waals surface area contributed by atoms with Crippen LogP contribution in [0.5, 0.6) is 5.75 Å². The second-order valence-corrected chi connectivity index (χ2v) is 8.65. The van der Waals surface area contributed by atoms with E-state index >= 15 is 0 Å². The Balaban J connectivity index is 2.05. The van der Waals surface area contributed by atoms with Crippen molar-refractivity contribution in [1.29, 1.82) is 0 Å². The summed E-state index contributed by atoms with van der Waals surface area (Å²) in [5.41, 5.74) is 0.384. The summed E-state index contributed by atoms with van der Waals surface area (Å²) in [6.45, 7) is 2.90. The molecule has 1 amide bonds. The quantitative estimate of drug-likeness (QED) is 0.760. The molecule has 1 saturated heterocycles. The molecule has 0 unspecified atom stereocenters.